The molecule has 120 valence electrons. The predicted octanol–water partition coefficient (Wildman–Crippen LogP) is 6.25. The Morgan fingerprint density at radius 3 is 2.16 bits per heavy atom. The van der Waals surface area contributed by atoms with Crippen molar-refractivity contribution in [3.8, 4) is 17.2 Å². The summed E-state index contributed by atoms with van der Waals surface area (Å²) in [5.41, 5.74) is 9.62. The molecule has 1 aliphatic carbocycles. The van der Waals surface area contributed by atoms with Crippen molar-refractivity contribution < 1.29 is 0 Å². The van der Waals surface area contributed by atoms with Crippen LogP contribution in [0.3, 0.4) is 0 Å². The van der Waals surface area contributed by atoms with Gasteiger partial charge in [0.1, 0.15) is 0 Å². The molecule has 0 saturated heterocycles. The highest BCUT2D eigenvalue weighted by molar-refractivity contribution is 6.06. The molecule has 3 aromatic carbocycles. The van der Waals surface area contributed by atoms with Gasteiger partial charge in [-0.25, -0.2) is 0 Å². The molecule has 1 aliphatic rings. The molecule has 0 saturated carbocycles. The van der Waals surface area contributed by atoms with Crippen LogP contribution >= 0.6 is 0 Å². The molecule has 0 spiro atoms. The molecule has 3 aromatic rings. The van der Waals surface area contributed by atoms with Gasteiger partial charge in [-0.15, -0.1) is 0 Å². The monoisotopic (exact) mass is 321 g/mol. The Hall–Kier alpha value is -3.11. The zero-order chi connectivity index (χ0) is 17.4. The van der Waals surface area contributed by atoms with Gasteiger partial charge in [-0.1, -0.05) is 68.4 Å². The van der Waals surface area contributed by atoms with Crippen LogP contribution in [0.5, 0.6) is 0 Å². The van der Waals surface area contributed by atoms with Gasteiger partial charge in [-0.2, -0.15) is 5.26 Å². The van der Waals surface area contributed by atoms with E-state index in [-0.39, 0.29) is 0 Å². The SMILES string of the molecule is CC(C)c1ccc2c(c1)/C(=C/c1ccc(C#N)cc1)c1ccccc1-2. The molecule has 0 atom stereocenters. The van der Waals surface area contributed by atoms with Crippen molar-refractivity contribution in [2.75, 3.05) is 0 Å². The van der Waals surface area contributed by atoms with Gasteiger partial charge in [-0.3, -0.25) is 0 Å². The standard InChI is InChI=1S/C24H19N/c1-16(2)19-11-12-22-20-5-3-4-6-21(20)23(24(22)14-19)13-17-7-9-18(15-25)10-8-17/h3-14,16H,1-2H3/b23-13+. The summed E-state index contributed by atoms with van der Waals surface area (Å²) < 4.78 is 0. The Labute approximate surface area is 148 Å². The van der Waals surface area contributed by atoms with Crippen molar-refractivity contribution in [2.45, 2.75) is 19.8 Å². The summed E-state index contributed by atoms with van der Waals surface area (Å²) in [5.74, 6) is 0.505. The Kier molecular flexibility index (Phi) is 3.75. The quantitative estimate of drug-likeness (QED) is 0.428. The van der Waals surface area contributed by atoms with Crippen molar-refractivity contribution in [2.24, 2.45) is 0 Å². The third-order valence-electron chi connectivity index (χ3n) is 4.86. The molecule has 4 rings (SSSR count). The minimum absolute atomic E-state index is 0.505. The number of nitriles is 1. The van der Waals surface area contributed by atoms with Crippen LogP contribution in [0, 0.1) is 11.3 Å². The first-order valence-electron chi connectivity index (χ1n) is 8.63. The van der Waals surface area contributed by atoms with Crippen LogP contribution < -0.4 is 0 Å². The van der Waals surface area contributed by atoms with Crippen LogP contribution in [0.25, 0.3) is 22.8 Å². The number of hydrogen-bond donors (Lipinski definition) is 0. The summed E-state index contributed by atoms with van der Waals surface area (Å²) in [6.07, 6.45) is 2.23. The first kappa shape index (κ1) is 15.4. The maximum Gasteiger partial charge on any atom is 0.0991 e. The van der Waals surface area contributed by atoms with E-state index < -0.39 is 0 Å². The number of nitrogens with zero attached hydrogens (tertiary/aromatic N) is 1. The molecule has 0 fully saturated rings. The Morgan fingerprint density at radius 1 is 0.800 bits per heavy atom. The lowest BCUT2D eigenvalue weighted by molar-refractivity contribution is 0.866. The van der Waals surface area contributed by atoms with Crippen LogP contribution in [0.15, 0.2) is 66.7 Å². The Morgan fingerprint density at radius 2 is 1.48 bits per heavy atom. The minimum Gasteiger partial charge on any atom is -0.192 e. The third kappa shape index (κ3) is 2.66. The van der Waals surface area contributed by atoms with Gasteiger partial charge in [0.25, 0.3) is 0 Å². The van der Waals surface area contributed by atoms with Crippen LogP contribution in [0.2, 0.25) is 0 Å². The van der Waals surface area contributed by atoms with Gasteiger partial charge in [0, 0.05) is 0 Å². The van der Waals surface area contributed by atoms with Gasteiger partial charge in [0.2, 0.25) is 0 Å². The second-order valence-corrected chi connectivity index (χ2v) is 6.80. The first-order valence-corrected chi connectivity index (χ1v) is 8.63. The largest absolute Gasteiger partial charge is 0.192 e. The fourth-order valence-corrected chi connectivity index (χ4v) is 3.45. The lowest BCUT2D eigenvalue weighted by atomic mass is 9.95. The van der Waals surface area contributed by atoms with Crippen LogP contribution in [-0.4, -0.2) is 0 Å². The van der Waals surface area contributed by atoms with Crippen molar-refractivity contribution in [3.05, 3.63) is 94.5 Å². The molecule has 0 unspecified atom stereocenters. The van der Waals surface area contributed by atoms with E-state index in [2.05, 4.69) is 68.5 Å². The summed E-state index contributed by atoms with van der Waals surface area (Å²) in [5, 5.41) is 8.99. The summed E-state index contributed by atoms with van der Waals surface area (Å²) in [7, 11) is 0. The molecule has 0 heterocycles. The Bertz CT molecular complexity index is 1010. The van der Waals surface area contributed by atoms with E-state index in [1.54, 1.807) is 0 Å². The molecular formula is C24H19N. The summed E-state index contributed by atoms with van der Waals surface area (Å²) in [6.45, 7) is 4.46. The van der Waals surface area contributed by atoms with Crippen LogP contribution in [-0.2, 0) is 0 Å². The van der Waals surface area contributed by atoms with Gasteiger partial charge in [0.05, 0.1) is 11.6 Å². The van der Waals surface area contributed by atoms with E-state index in [9.17, 15) is 0 Å². The molecule has 0 radical (unpaired) electrons. The van der Waals surface area contributed by atoms with Gasteiger partial charge < -0.3 is 0 Å². The number of rotatable bonds is 2. The predicted molar refractivity (Wildman–Crippen MR) is 104 cm³/mol. The van der Waals surface area contributed by atoms with Crippen molar-refractivity contribution in [3.63, 3.8) is 0 Å². The van der Waals surface area contributed by atoms with E-state index in [0.29, 0.717) is 11.5 Å². The summed E-state index contributed by atoms with van der Waals surface area (Å²) in [6, 6.07) is 25.4. The Balaban J connectivity index is 1.91. The molecule has 0 N–H and O–H groups in total. The molecule has 25 heavy (non-hydrogen) atoms. The molecule has 0 aliphatic heterocycles. The van der Waals surface area contributed by atoms with E-state index in [0.717, 1.165) is 5.56 Å². The van der Waals surface area contributed by atoms with Crippen molar-refractivity contribution in [1.82, 2.24) is 0 Å². The normalized spacial score (nSPS) is 13.6. The number of fused-ring (bicyclic) bond motifs is 3. The van der Waals surface area contributed by atoms with Gasteiger partial charge in [0.15, 0.2) is 0 Å². The van der Waals surface area contributed by atoms with Crippen LogP contribution in [0.1, 0.15) is 47.6 Å². The second kappa shape index (κ2) is 6.07. The zero-order valence-electron chi connectivity index (χ0n) is 14.5. The molecule has 0 amide bonds. The molecular weight excluding hydrogens is 302 g/mol. The summed E-state index contributed by atoms with van der Waals surface area (Å²) in [4.78, 5) is 0. The highest BCUT2D eigenvalue weighted by Gasteiger charge is 2.23. The van der Waals surface area contributed by atoms with Crippen LogP contribution in [0.4, 0.5) is 0 Å². The maximum absolute atomic E-state index is 8.99. The minimum atomic E-state index is 0.505. The van der Waals surface area contributed by atoms with Gasteiger partial charge in [-0.05, 0) is 63.1 Å². The lowest BCUT2D eigenvalue weighted by Crippen LogP contribution is -1.90. The van der Waals surface area contributed by atoms with Crippen molar-refractivity contribution >= 4 is 11.6 Å². The molecule has 0 bridgehead atoms. The zero-order valence-corrected chi connectivity index (χ0v) is 14.5. The molecule has 1 heteroatoms. The van der Waals surface area contributed by atoms with E-state index in [1.807, 2.05) is 24.3 Å². The molecule has 0 aromatic heterocycles. The fraction of sp³-hybridized carbons (Fsp3) is 0.125. The van der Waals surface area contributed by atoms with Gasteiger partial charge >= 0.3 is 0 Å². The highest BCUT2D eigenvalue weighted by atomic mass is 14.3. The fourth-order valence-electron chi connectivity index (χ4n) is 3.45. The first-order chi connectivity index (χ1) is 12.2. The average Bonchev–Trinajstić information content (AvgIpc) is 2.96. The highest BCUT2D eigenvalue weighted by Crippen LogP contribution is 2.45. The second-order valence-electron chi connectivity index (χ2n) is 6.80. The average molecular weight is 321 g/mol. The van der Waals surface area contributed by atoms with Crippen molar-refractivity contribution in [1.29, 1.82) is 5.26 Å². The maximum atomic E-state index is 8.99. The number of benzene rings is 3. The molecule has 1 nitrogen and oxygen atoms in total. The van der Waals surface area contributed by atoms with E-state index in [1.165, 1.54) is 33.4 Å². The topological polar surface area (TPSA) is 23.8 Å². The number of hydrogen-bond acceptors (Lipinski definition) is 1. The smallest absolute Gasteiger partial charge is 0.0991 e. The van der Waals surface area contributed by atoms with E-state index >= 15 is 0 Å². The third-order valence-corrected chi connectivity index (χ3v) is 4.86. The van der Waals surface area contributed by atoms with E-state index in [4.69, 9.17) is 5.26 Å². The summed E-state index contributed by atoms with van der Waals surface area (Å²) >= 11 is 0. The lowest BCUT2D eigenvalue weighted by Gasteiger charge is -2.09.